The van der Waals surface area contributed by atoms with Crippen LogP contribution < -0.4 is 4.72 Å². The van der Waals surface area contributed by atoms with Crippen LogP contribution in [-0.2, 0) is 17.1 Å². The summed E-state index contributed by atoms with van der Waals surface area (Å²) in [7, 11) is -2.24. The van der Waals surface area contributed by atoms with Gasteiger partial charge in [0.1, 0.15) is 5.82 Å². The minimum absolute atomic E-state index is 0.0563. The van der Waals surface area contributed by atoms with Crippen LogP contribution in [0.4, 0.5) is 0 Å². The van der Waals surface area contributed by atoms with Crippen LogP contribution in [-0.4, -0.2) is 28.2 Å². The summed E-state index contributed by atoms with van der Waals surface area (Å²) in [6.07, 6.45) is 5.07. The quantitative estimate of drug-likeness (QED) is 0.868. The number of nitrogens with one attached hydrogen (secondary N) is 2. The van der Waals surface area contributed by atoms with Gasteiger partial charge in [0.15, 0.2) is 5.03 Å². The topological polar surface area (TPSA) is 92.7 Å². The summed E-state index contributed by atoms with van der Waals surface area (Å²) in [6, 6.07) is -0.439. The van der Waals surface area contributed by atoms with Crippen molar-refractivity contribution in [3.63, 3.8) is 0 Å². The lowest BCUT2D eigenvalue weighted by Crippen LogP contribution is -2.30. The van der Waals surface area contributed by atoms with Crippen LogP contribution in [0.1, 0.15) is 25.2 Å². The van der Waals surface area contributed by atoms with E-state index in [1.54, 1.807) is 12.4 Å². The highest BCUT2D eigenvalue weighted by molar-refractivity contribution is 7.89. The normalized spacial score (nSPS) is 13.6. The number of hydrogen-bond donors (Lipinski definition) is 2. The van der Waals surface area contributed by atoms with Crippen molar-refractivity contribution in [2.24, 2.45) is 7.05 Å². The van der Waals surface area contributed by atoms with E-state index in [2.05, 4.69) is 19.8 Å². The predicted octanol–water partition coefficient (Wildman–Crippen LogP) is 1.23. The van der Waals surface area contributed by atoms with Crippen LogP contribution in [0.25, 0.3) is 0 Å². The molecule has 0 aromatic carbocycles. The summed E-state index contributed by atoms with van der Waals surface area (Å²) in [5.74, 6) is 0.560. The Kier molecular flexibility index (Phi) is 3.93. The van der Waals surface area contributed by atoms with Gasteiger partial charge in [-0.05, 0) is 6.42 Å². The van der Waals surface area contributed by atoms with Crippen LogP contribution in [0.3, 0.4) is 0 Å². The van der Waals surface area contributed by atoms with E-state index in [0.717, 1.165) is 0 Å². The second kappa shape index (κ2) is 5.32. The van der Waals surface area contributed by atoms with E-state index in [4.69, 9.17) is 11.6 Å². The first-order valence-electron chi connectivity index (χ1n) is 5.64. The number of hydrogen-bond acceptors (Lipinski definition) is 4. The molecule has 2 aromatic heterocycles. The first-order valence-corrected chi connectivity index (χ1v) is 7.51. The number of nitrogens with zero attached hydrogens (tertiary/aromatic N) is 3. The Hall–Kier alpha value is -1.38. The fourth-order valence-electron chi connectivity index (χ4n) is 1.75. The summed E-state index contributed by atoms with van der Waals surface area (Å²) in [5, 5.41) is 3.85. The molecule has 0 aliphatic carbocycles. The Morgan fingerprint density at radius 2 is 2.32 bits per heavy atom. The Morgan fingerprint density at radius 1 is 1.58 bits per heavy atom. The van der Waals surface area contributed by atoms with E-state index in [0.29, 0.717) is 12.2 Å². The number of aromatic amines is 1. The highest BCUT2D eigenvalue weighted by Crippen LogP contribution is 2.22. The molecule has 0 aliphatic rings. The molecule has 0 saturated carbocycles. The molecule has 7 nitrogen and oxygen atoms in total. The van der Waals surface area contributed by atoms with Crippen LogP contribution in [0.5, 0.6) is 0 Å². The molecule has 104 valence electrons. The molecule has 0 aliphatic heterocycles. The van der Waals surface area contributed by atoms with Crippen LogP contribution in [0, 0.1) is 0 Å². The van der Waals surface area contributed by atoms with E-state index in [1.165, 1.54) is 17.9 Å². The first-order chi connectivity index (χ1) is 8.95. The monoisotopic (exact) mass is 303 g/mol. The third-order valence-electron chi connectivity index (χ3n) is 2.65. The minimum atomic E-state index is -3.76. The SMILES string of the molecule is CCC(NS(=O)(=O)c1c(Cl)cnn1C)c1ncc[nH]1. The van der Waals surface area contributed by atoms with Gasteiger partial charge in [-0.15, -0.1) is 0 Å². The van der Waals surface area contributed by atoms with E-state index in [9.17, 15) is 8.42 Å². The predicted molar refractivity (Wildman–Crippen MR) is 70.2 cm³/mol. The summed E-state index contributed by atoms with van der Waals surface area (Å²) < 4.78 is 28.4. The number of rotatable bonds is 5. The van der Waals surface area contributed by atoms with Crippen molar-refractivity contribution in [2.45, 2.75) is 24.4 Å². The number of aryl methyl sites for hydroxylation is 1. The number of imidazole rings is 1. The number of aromatic nitrogens is 4. The van der Waals surface area contributed by atoms with Crippen LogP contribution in [0.15, 0.2) is 23.6 Å². The summed E-state index contributed by atoms with van der Waals surface area (Å²) in [5.41, 5.74) is 0. The maximum atomic E-state index is 12.3. The second-order valence-corrected chi connectivity index (χ2v) is 6.01. The van der Waals surface area contributed by atoms with Crippen molar-refractivity contribution >= 4 is 21.6 Å². The van der Waals surface area contributed by atoms with Gasteiger partial charge in [-0.3, -0.25) is 4.68 Å². The highest BCUT2D eigenvalue weighted by Gasteiger charge is 2.26. The second-order valence-electron chi connectivity index (χ2n) is 3.98. The molecule has 0 radical (unpaired) electrons. The molecule has 2 heterocycles. The zero-order valence-electron chi connectivity index (χ0n) is 10.5. The van der Waals surface area contributed by atoms with Crippen LogP contribution >= 0.6 is 11.6 Å². The van der Waals surface area contributed by atoms with Gasteiger partial charge in [0.05, 0.1) is 17.3 Å². The third-order valence-corrected chi connectivity index (χ3v) is 4.63. The zero-order valence-corrected chi connectivity index (χ0v) is 12.0. The summed E-state index contributed by atoms with van der Waals surface area (Å²) >= 11 is 5.86. The van der Waals surface area contributed by atoms with Gasteiger partial charge in [-0.1, -0.05) is 18.5 Å². The van der Waals surface area contributed by atoms with E-state index in [1.807, 2.05) is 6.92 Å². The Morgan fingerprint density at radius 3 is 2.79 bits per heavy atom. The van der Waals surface area contributed by atoms with E-state index < -0.39 is 16.1 Å². The maximum absolute atomic E-state index is 12.3. The van der Waals surface area contributed by atoms with Crippen LogP contribution in [0.2, 0.25) is 5.02 Å². The lowest BCUT2D eigenvalue weighted by atomic mass is 10.2. The lowest BCUT2D eigenvalue weighted by molar-refractivity contribution is 0.527. The fourth-order valence-corrected chi connectivity index (χ4v) is 3.69. The molecular weight excluding hydrogens is 290 g/mol. The average molecular weight is 304 g/mol. The Labute approximate surface area is 116 Å². The molecule has 2 aromatic rings. The largest absolute Gasteiger partial charge is 0.347 e. The van der Waals surface area contributed by atoms with E-state index in [-0.39, 0.29) is 10.0 Å². The van der Waals surface area contributed by atoms with Gasteiger partial charge >= 0.3 is 0 Å². The third kappa shape index (κ3) is 2.80. The molecule has 19 heavy (non-hydrogen) atoms. The zero-order chi connectivity index (χ0) is 14.0. The van der Waals surface area contributed by atoms with Crippen molar-refractivity contribution in [3.8, 4) is 0 Å². The number of sulfonamides is 1. The minimum Gasteiger partial charge on any atom is -0.347 e. The van der Waals surface area contributed by atoms with Crippen molar-refractivity contribution in [1.29, 1.82) is 0 Å². The molecular formula is C10H14ClN5O2S. The fraction of sp³-hybridized carbons (Fsp3) is 0.400. The van der Waals surface area contributed by atoms with Crippen molar-refractivity contribution in [2.75, 3.05) is 0 Å². The van der Waals surface area contributed by atoms with Gasteiger partial charge in [0.2, 0.25) is 0 Å². The van der Waals surface area contributed by atoms with Gasteiger partial charge in [-0.2, -0.15) is 9.82 Å². The summed E-state index contributed by atoms with van der Waals surface area (Å²) in [6.45, 7) is 1.86. The molecule has 0 amide bonds. The smallest absolute Gasteiger partial charge is 0.259 e. The lowest BCUT2D eigenvalue weighted by Gasteiger charge is -2.15. The highest BCUT2D eigenvalue weighted by atomic mass is 35.5. The Balaban J connectivity index is 2.31. The molecule has 2 rings (SSSR count). The molecule has 1 atom stereocenters. The van der Waals surface area contributed by atoms with E-state index >= 15 is 0 Å². The van der Waals surface area contributed by atoms with Gasteiger partial charge in [0, 0.05) is 19.4 Å². The van der Waals surface area contributed by atoms with Gasteiger partial charge in [0.25, 0.3) is 10.0 Å². The van der Waals surface area contributed by atoms with Gasteiger partial charge < -0.3 is 4.98 Å². The standard InChI is InChI=1S/C10H14ClN5O2S/c1-3-8(9-12-4-5-13-9)15-19(17,18)10-7(11)6-14-16(10)2/h4-6,8,15H,3H2,1-2H3,(H,12,13). The number of halogens is 1. The molecule has 9 heteroatoms. The molecule has 0 bridgehead atoms. The number of H-pyrrole nitrogens is 1. The first kappa shape index (κ1) is 14.0. The molecule has 0 saturated heterocycles. The van der Waals surface area contributed by atoms with Gasteiger partial charge in [-0.25, -0.2) is 13.4 Å². The van der Waals surface area contributed by atoms with Crippen molar-refractivity contribution < 1.29 is 8.42 Å². The van der Waals surface area contributed by atoms with Crippen molar-refractivity contribution in [1.82, 2.24) is 24.5 Å². The molecule has 1 unspecified atom stereocenters. The summed E-state index contributed by atoms with van der Waals surface area (Å²) in [4.78, 5) is 6.95. The molecule has 0 fully saturated rings. The molecule has 0 spiro atoms. The maximum Gasteiger partial charge on any atom is 0.259 e. The van der Waals surface area contributed by atoms with Crippen molar-refractivity contribution in [3.05, 3.63) is 29.4 Å². The molecule has 2 N–H and O–H groups in total. The average Bonchev–Trinajstić information content (AvgIpc) is 2.96. The Bertz CT molecular complexity index is 630.